The van der Waals surface area contributed by atoms with Crippen molar-refractivity contribution in [3.8, 4) is 11.5 Å². The second kappa shape index (κ2) is 17.3. The van der Waals surface area contributed by atoms with E-state index in [1.807, 2.05) is 12.1 Å². The Bertz CT molecular complexity index is 995. The molecular weight excluding hydrogens is 587 g/mol. The summed E-state index contributed by atoms with van der Waals surface area (Å²) in [7, 11) is 0. The molecule has 42 heavy (non-hydrogen) atoms. The molecule has 0 atom stereocenters. The molecule has 5 nitrogen and oxygen atoms in total. The number of hydrogen-bond acceptors (Lipinski definition) is 3. The van der Waals surface area contributed by atoms with Crippen molar-refractivity contribution in [3.63, 3.8) is 0 Å². The van der Waals surface area contributed by atoms with Crippen molar-refractivity contribution in [3.05, 3.63) is 69.1 Å². The molecule has 0 aliphatic carbocycles. The Hall–Kier alpha value is -1.27. The molecule has 1 radical (unpaired) electrons. The van der Waals surface area contributed by atoms with Crippen LogP contribution >= 0.6 is 12.4 Å². The monoisotopic (exact) mass is 645 g/mol. The van der Waals surface area contributed by atoms with Crippen molar-refractivity contribution in [1.82, 2.24) is 0 Å². The Morgan fingerprint density at radius 3 is 1.05 bits per heavy atom. The molecule has 1 saturated heterocycles. The Morgan fingerprint density at radius 2 is 0.881 bits per heavy atom. The van der Waals surface area contributed by atoms with Crippen molar-refractivity contribution in [2.24, 2.45) is 0 Å². The van der Waals surface area contributed by atoms with Crippen LogP contribution in [0, 0.1) is 0 Å². The van der Waals surface area contributed by atoms with Gasteiger partial charge in [0.2, 0.25) is 0 Å². The van der Waals surface area contributed by atoms with Crippen LogP contribution in [0.4, 0.5) is 0 Å². The van der Waals surface area contributed by atoms with Gasteiger partial charge in [0.05, 0.1) is 0 Å². The van der Waals surface area contributed by atoms with E-state index >= 15 is 0 Å². The Morgan fingerprint density at radius 1 is 0.571 bits per heavy atom. The molecule has 0 amide bonds. The van der Waals surface area contributed by atoms with E-state index in [1.54, 1.807) is 0 Å². The molecule has 0 unspecified atom stereocenters. The van der Waals surface area contributed by atoms with Crippen molar-refractivity contribution < 1.29 is 32.0 Å². The summed E-state index contributed by atoms with van der Waals surface area (Å²) in [6.07, 6.45) is 3.93. The number of rotatable bonds is 2. The molecule has 1 aliphatic heterocycles. The molecular formula is C35H59ClMnN2O3. The van der Waals surface area contributed by atoms with Gasteiger partial charge in [-0.1, -0.05) is 107 Å². The average Bonchev–Trinajstić information content (AvgIpc) is 2.83. The Kier molecular flexibility index (Phi) is 17.6. The number of ether oxygens (including phenoxy) is 1. The molecule has 0 saturated carbocycles. The minimum atomic E-state index is -0.102. The van der Waals surface area contributed by atoms with Crippen LogP contribution in [-0.4, -0.2) is 23.4 Å². The Balaban J connectivity index is 0. The molecule has 241 valence electrons. The minimum Gasteiger partial charge on any atom is -0.674 e. The van der Waals surface area contributed by atoms with Gasteiger partial charge < -0.3 is 26.4 Å². The van der Waals surface area contributed by atoms with Crippen LogP contribution in [0.5, 0.6) is 11.5 Å². The molecule has 4 N–H and O–H groups in total. The number of hydrogen-bond donors (Lipinski definition) is 2. The SMILES string of the molecule is C1CCOCC1.CC(C)(C)c1cc(C[NH-])c(O)c(C(C)(C)C)c1.CC(C)(C)c1cc(C[NH-])c(O)c(C(C)(C)C)c1.Cl.[Mn+2]. The van der Waals surface area contributed by atoms with Gasteiger partial charge in [-0.2, -0.15) is 0 Å². The molecule has 2 aromatic rings. The van der Waals surface area contributed by atoms with Gasteiger partial charge in [-0.25, -0.2) is 0 Å². The number of phenols is 2. The van der Waals surface area contributed by atoms with E-state index in [-0.39, 0.29) is 64.2 Å². The molecule has 1 aliphatic rings. The smallest absolute Gasteiger partial charge is 0.674 e. The first-order valence-corrected chi connectivity index (χ1v) is 14.7. The zero-order chi connectivity index (χ0) is 31.1. The normalized spacial score (nSPS) is 13.9. The molecule has 0 spiro atoms. The topological polar surface area (TPSA) is 97.3 Å². The van der Waals surface area contributed by atoms with E-state index in [2.05, 4.69) is 95.2 Å². The van der Waals surface area contributed by atoms with Gasteiger partial charge in [0.1, 0.15) is 11.5 Å². The number of halogens is 1. The third-order valence-corrected chi connectivity index (χ3v) is 7.18. The van der Waals surface area contributed by atoms with E-state index in [0.717, 1.165) is 35.5 Å². The first kappa shape index (κ1) is 42.9. The van der Waals surface area contributed by atoms with E-state index in [4.69, 9.17) is 16.2 Å². The van der Waals surface area contributed by atoms with Gasteiger partial charge in [0.15, 0.2) is 0 Å². The number of phenolic OH excluding ortho intramolecular Hbond substituents is 2. The zero-order valence-electron chi connectivity index (χ0n) is 28.3. The van der Waals surface area contributed by atoms with Crippen molar-refractivity contribution >= 4 is 12.4 Å². The van der Waals surface area contributed by atoms with Crippen LogP contribution < -0.4 is 0 Å². The van der Waals surface area contributed by atoms with Gasteiger partial charge in [0, 0.05) is 13.2 Å². The molecule has 0 aromatic heterocycles. The molecule has 0 bridgehead atoms. The van der Waals surface area contributed by atoms with Gasteiger partial charge in [-0.15, -0.1) is 25.5 Å². The molecule has 3 rings (SSSR count). The standard InChI is InChI=1S/2C15H24NO.C5H10O.ClH.Mn/c2*1-14(2,3)11-7-10(9-16)13(17)12(8-11)15(4,5)6;1-2-4-6-5-3-1;;/h2*7-8,16-17H,9H2,1-6H3;1-5H2;1H;/q2*-1;;;+2. The third-order valence-electron chi connectivity index (χ3n) is 7.18. The van der Waals surface area contributed by atoms with Crippen molar-refractivity contribution in [2.75, 3.05) is 13.2 Å². The summed E-state index contributed by atoms with van der Waals surface area (Å²) in [5, 5.41) is 20.4. The van der Waals surface area contributed by atoms with Crippen LogP contribution in [0.2, 0.25) is 0 Å². The quantitative estimate of drug-likeness (QED) is 0.318. The predicted octanol–water partition coefficient (Wildman–Crippen LogP) is 10.7. The number of aromatic hydroxyl groups is 2. The maximum absolute atomic E-state index is 10.2. The first-order valence-electron chi connectivity index (χ1n) is 14.7. The van der Waals surface area contributed by atoms with E-state index in [0.29, 0.717) is 11.5 Å². The maximum atomic E-state index is 10.2. The first-order chi connectivity index (χ1) is 18.1. The van der Waals surface area contributed by atoms with Crippen molar-refractivity contribution in [1.29, 1.82) is 0 Å². The van der Waals surface area contributed by atoms with E-state index in [9.17, 15) is 10.2 Å². The fraction of sp³-hybridized carbons (Fsp3) is 0.657. The molecule has 1 fully saturated rings. The van der Waals surface area contributed by atoms with E-state index in [1.165, 1.54) is 30.4 Å². The van der Waals surface area contributed by atoms with Crippen molar-refractivity contribution in [2.45, 2.75) is 137 Å². The largest absolute Gasteiger partial charge is 2.00 e. The zero-order valence-corrected chi connectivity index (χ0v) is 30.3. The van der Waals surface area contributed by atoms with Crippen LogP contribution in [0.25, 0.3) is 11.5 Å². The maximum Gasteiger partial charge on any atom is 2.00 e. The summed E-state index contributed by atoms with van der Waals surface area (Å²) in [6.45, 7) is 27.7. The molecule has 7 heteroatoms. The summed E-state index contributed by atoms with van der Waals surface area (Å²) in [5.41, 5.74) is 20.6. The summed E-state index contributed by atoms with van der Waals surface area (Å²) < 4.78 is 5.07. The second-order valence-corrected chi connectivity index (χ2v) is 15.1. The van der Waals surface area contributed by atoms with Crippen LogP contribution in [-0.2, 0) is 56.6 Å². The third kappa shape index (κ3) is 13.2. The number of benzene rings is 2. The van der Waals surface area contributed by atoms with Gasteiger partial charge in [-0.3, -0.25) is 0 Å². The van der Waals surface area contributed by atoms with Gasteiger partial charge in [0.25, 0.3) is 0 Å². The average molecular weight is 646 g/mol. The Labute approximate surface area is 274 Å². The van der Waals surface area contributed by atoms with Crippen LogP contribution in [0.15, 0.2) is 24.3 Å². The summed E-state index contributed by atoms with van der Waals surface area (Å²) >= 11 is 0. The minimum absolute atomic E-state index is 0. The molecule has 1 heterocycles. The number of nitrogens with one attached hydrogen (secondary N) is 2. The fourth-order valence-corrected chi connectivity index (χ4v) is 4.36. The second-order valence-electron chi connectivity index (χ2n) is 15.1. The van der Waals surface area contributed by atoms with Crippen LogP contribution in [0.3, 0.4) is 0 Å². The van der Waals surface area contributed by atoms with Crippen LogP contribution in [0.1, 0.15) is 136 Å². The predicted molar refractivity (Wildman–Crippen MR) is 179 cm³/mol. The van der Waals surface area contributed by atoms with Gasteiger partial charge >= 0.3 is 17.1 Å². The summed E-state index contributed by atoms with van der Waals surface area (Å²) in [6, 6.07) is 8.07. The van der Waals surface area contributed by atoms with E-state index < -0.39 is 0 Å². The summed E-state index contributed by atoms with van der Waals surface area (Å²) in [4.78, 5) is 0. The summed E-state index contributed by atoms with van der Waals surface area (Å²) in [5.74, 6) is 0.584. The molecule has 2 aromatic carbocycles. The van der Waals surface area contributed by atoms with Gasteiger partial charge in [-0.05, 0) is 74.3 Å². The fourth-order valence-electron chi connectivity index (χ4n) is 4.36.